The summed E-state index contributed by atoms with van der Waals surface area (Å²) in [4.78, 5) is 11.5. The number of ketones is 1. The van der Waals surface area contributed by atoms with E-state index in [9.17, 15) is 4.79 Å². The fourth-order valence-corrected chi connectivity index (χ4v) is 1.77. The molecule has 0 spiro atoms. The van der Waals surface area contributed by atoms with Gasteiger partial charge in [-0.2, -0.15) is 5.10 Å². The number of carbonyl (C=O) groups is 1. The molecular formula is C10H14Cl2N2O. The third-order valence-corrected chi connectivity index (χ3v) is 2.97. The number of aryl methyl sites for hydroxylation is 2. The fourth-order valence-electron chi connectivity index (χ4n) is 1.41. The summed E-state index contributed by atoms with van der Waals surface area (Å²) < 4.78 is 1.66. The third-order valence-electron chi connectivity index (χ3n) is 2.22. The second-order valence-electron chi connectivity index (χ2n) is 3.48. The number of aromatic nitrogens is 2. The van der Waals surface area contributed by atoms with Crippen molar-refractivity contribution < 1.29 is 4.79 Å². The maximum absolute atomic E-state index is 11.5. The number of halogens is 2. The molecule has 84 valence electrons. The number of rotatable bonds is 5. The Morgan fingerprint density at radius 3 is 2.67 bits per heavy atom. The Morgan fingerprint density at radius 1 is 1.53 bits per heavy atom. The lowest BCUT2D eigenvalue weighted by atomic mass is 10.1. The van der Waals surface area contributed by atoms with Gasteiger partial charge < -0.3 is 0 Å². The Kier molecular flexibility index (Phi) is 4.61. The summed E-state index contributed by atoms with van der Waals surface area (Å²) in [6, 6.07) is 0. The van der Waals surface area contributed by atoms with Gasteiger partial charge >= 0.3 is 0 Å². The van der Waals surface area contributed by atoms with Crippen molar-refractivity contribution in [2.45, 2.75) is 26.2 Å². The van der Waals surface area contributed by atoms with Crippen molar-refractivity contribution in [1.82, 2.24) is 9.78 Å². The number of alkyl halides is 1. The molecule has 0 aliphatic heterocycles. The van der Waals surface area contributed by atoms with Crippen molar-refractivity contribution in [2.75, 3.05) is 5.88 Å². The van der Waals surface area contributed by atoms with Crippen molar-refractivity contribution in [2.24, 2.45) is 7.05 Å². The van der Waals surface area contributed by atoms with Crippen LogP contribution in [0.25, 0.3) is 0 Å². The minimum Gasteiger partial charge on any atom is -0.299 e. The first-order valence-electron chi connectivity index (χ1n) is 4.82. The van der Waals surface area contributed by atoms with Crippen molar-refractivity contribution in [3.05, 3.63) is 16.4 Å². The first-order chi connectivity index (χ1) is 7.06. The average molecular weight is 249 g/mol. The molecular weight excluding hydrogens is 235 g/mol. The maximum atomic E-state index is 11.5. The van der Waals surface area contributed by atoms with Crippen LogP contribution in [0.5, 0.6) is 0 Å². The fraction of sp³-hybridized carbons (Fsp3) is 0.600. The molecule has 0 atom stereocenters. The molecule has 0 radical (unpaired) electrons. The minimum atomic E-state index is 0.153. The molecule has 0 saturated heterocycles. The zero-order chi connectivity index (χ0) is 11.4. The molecule has 1 heterocycles. The second kappa shape index (κ2) is 5.52. The molecule has 15 heavy (non-hydrogen) atoms. The van der Waals surface area contributed by atoms with Crippen LogP contribution >= 0.6 is 23.2 Å². The maximum Gasteiger partial charge on any atom is 0.138 e. The van der Waals surface area contributed by atoms with E-state index in [-0.39, 0.29) is 5.78 Å². The zero-order valence-electron chi connectivity index (χ0n) is 8.89. The van der Waals surface area contributed by atoms with E-state index in [2.05, 4.69) is 5.10 Å². The highest BCUT2D eigenvalue weighted by Gasteiger charge is 2.14. The van der Waals surface area contributed by atoms with Crippen LogP contribution in [0.1, 0.15) is 24.2 Å². The summed E-state index contributed by atoms with van der Waals surface area (Å²) in [5, 5.41) is 4.74. The van der Waals surface area contributed by atoms with Gasteiger partial charge in [-0.15, -0.1) is 11.6 Å². The van der Waals surface area contributed by atoms with Crippen molar-refractivity contribution >= 4 is 29.0 Å². The molecule has 0 amide bonds. The van der Waals surface area contributed by atoms with Gasteiger partial charge in [0.15, 0.2) is 0 Å². The van der Waals surface area contributed by atoms with E-state index in [0.29, 0.717) is 23.7 Å². The molecule has 0 N–H and O–H groups in total. The molecule has 0 aliphatic rings. The number of carbonyl (C=O) groups excluding carboxylic acids is 1. The van der Waals surface area contributed by atoms with E-state index in [4.69, 9.17) is 23.2 Å². The number of hydrogen-bond acceptors (Lipinski definition) is 2. The van der Waals surface area contributed by atoms with Crippen LogP contribution in [-0.4, -0.2) is 21.4 Å². The van der Waals surface area contributed by atoms with Crippen molar-refractivity contribution in [3.8, 4) is 0 Å². The lowest BCUT2D eigenvalue weighted by Crippen LogP contribution is -2.07. The Labute approximate surface area is 99.4 Å². The van der Waals surface area contributed by atoms with E-state index in [1.807, 2.05) is 6.92 Å². The second-order valence-corrected chi connectivity index (χ2v) is 4.23. The standard InChI is InChI=1S/C10H14Cl2N2O/c1-7-10(12)9(14(2)13-7)6-8(15)4-3-5-11/h3-6H2,1-2H3. The molecule has 0 aromatic carbocycles. The summed E-state index contributed by atoms with van der Waals surface area (Å²) in [6.45, 7) is 1.83. The van der Waals surface area contributed by atoms with Gasteiger partial charge in [0.1, 0.15) is 5.78 Å². The van der Waals surface area contributed by atoms with Crippen LogP contribution in [0.4, 0.5) is 0 Å². The lowest BCUT2D eigenvalue weighted by molar-refractivity contribution is -0.118. The van der Waals surface area contributed by atoms with Gasteiger partial charge in [-0.05, 0) is 13.3 Å². The van der Waals surface area contributed by atoms with Gasteiger partial charge in [-0.3, -0.25) is 9.48 Å². The van der Waals surface area contributed by atoms with Crippen LogP contribution in [0.15, 0.2) is 0 Å². The molecule has 1 rings (SSSR count). The zero-order valence-corrected chi connectivity index (χ0v) is 10.4. The highest BCUT2D eigenvalue weighted by Crippen LogP contribution is 2.20. The topological polar surface area (TPSA) is 34.9 Å². The van der Waals surface area contributed by atoms with Crippen LogP contribution < -0.4 is 0 Å². The quantitative estimate of drug-likeness (QED) is 0.751. The molecule has 3 nitrogen and oxygen atoms in total. The minimum absolute atomic E-state index is 0.153. The molecule has 5 heteroatoms. The lowest BCUT2D eigenvalue weighted by Gasteiger charge is -2.01. The first-order valence-corrected chi connectivity index (χ1v) is 5.73. The Balaban J connectivity index is 2.68. The number of Topliss-reactive ketones (excluding diaryl/α,β-unsaturated/α-hetero) is 1. The highest BCUT2D eigenvalue weighted by molar-refractivity contribution is 6.32. The molecule has 1 aromatic rings. The van der Waals surface area contributed by atoms with Crippen LogP contribution in [0, 0.1) is 6.92 Å². The predicted molar refractivity (Wildman–Crippen MR) is 61.6 cm³/mol. The van der Waals surface area contributed by atoms with E-state index in [1.165, 1.54) is 0 Å². The van der Waals surface area contributed by atoms with Gasteiger partial charge in [0.2, 0.25) is 0 Å². The van der Waals surface area contributed by atoms with Crippen molar-refractivity contribution in [3.63, 3.8) is 0 Å². The molecule has 0 saturated carbocycles. The van der Waals surface area contributed by atoms with E-state index < -0.39 is 0 Å². The van der Waals surface area contributed by atoms with E-state index in [1.54, 1.807) is 11.7 Å². The van der Waals surface area contributed by atoms with Gasteiger partial charge in [-0.25, -0.2) is 0 Å². The van der Waals surface area contributed by atoms with Gasteiger partial charge in [0.05, 0.1) is 16.4 Å². The Morgan fingerprint density at radius 2 is 2.20 bits per heavy atom. The van der Waals surface area contributed by atoms with Gasteiger partial charge in [0, 0.05) is 25.8 Å². The summed E-state index contributed by atoms with van der Waals surface area (Å²) in [7, 11) is 1.79. The predicted octanol–water partition coefficient (Wildman–Crippen LogP) is 2.51. The Hall–Kier alpha value is -0.540. The van der Waals surface area contributed by atoms with Crippen LogP contribution in [0.3, 0.4) is 0 Å². The molecule has 0 unspecified atom stereocenters. The van der Waals surface area contributed by atoms with Gasteiger partial charge in [-0.1, -0.05) is 11.6 Å². The van der Waals surface area contributed by atoms with Crippen LogP contribution in [-0.2, 0) is 18.3 Å². The summed E-state index contributed by atoms with van der Waals surface area (Å²) >= 11 is 11.5. The molecule has 0 aliphatic carbocycles. The average Bonchev–Trinajstić information content (AvgIpc) is 2.42. The third kappa shape index (κ3) is 3.21. The first kappa shape index (κ1) is 12.5. The van der Waals surface area contributed by atoms with E-state index >= 15 is 0 Å². The van der Waals surface area contributed by atoms with E-state index in [0.717, 1.165) is 17.8 Å². The monoisotopic (exact) mass is 248 g/mol. The SMILES string of the molecule is Cc1nn(C)c(CC(=O)CCCCl)c1Cl. The number of nitrogens with zero attached hydrogens (tertiary/aromatic N) is 2. The highest BCUT2D eigenvalue weighted by atomic mass is 35.5. The summed E-state index contributed by atoms with van der Waals surface area (Å²) in [6.07, 6.45) is 1.56. The number of hydrogen-bond donors (Lipinski definition) is 0. The summed E-state index contributed by atoms with van der Waals surface area (Å²) in [5.41, 5.74) is 1.55. The normalized spacial score (nSPS) is 10.7. The molecule has 0 fully saturated rings. The smallest absolute Gasteiger partial charge is 0.138 e. The largest absolute Gasteiger partial charge is 0.299 e. The summed E-state index contributed by atoms with van der Waals surface area (Å²) in [5.74, 6) is 0.671. The Bertz CT molecular complexity index is 361. The van der Waals surface area contributed by atoms with Crippen LogP contribution in [0.2, 0.25) is 5.02 Å². The molecule has 1 aromatic heterocycles. The molecule has 0 bridgehead atoms. The van der Waals surface area contributed by atoms with Gasteiger partial charge in [0.25, 0.3) is 0 Å². The van der Waals surface area contributed by atoms with Crippen molar-refractivity contribution in [1.29, 1.82) is 0 Å².